The molecule has 0 saturated heterocycles. The number of benzene rings is 1. The van der Waals surface area contributed by atoms with E-state index in [2.05, 4.69) is 54.7 Å². The van der Waals surface area contributed by atoms with Gasteiger partial charge in [0, 0.05) is 0 Å². The monoisotopic (exact) mass is 360 g/mol. The standard InChI is InChI=1S/C8H10I2/c1-7-5-3-4-6-8(7)10(2)9/h3-6H,1-2H3. The average Bonchev–Trinajstić information content (AvgIpc) is 1.88. The fraction of sp³-hybridized carbons (Fsp3) is 0.250. The Bertz CT molecular complexity index is 218. The summed E-state index contributed by atoms with van der Waals surface area (Å²) in [6.45, 7) is 2.20. The summed E-state index contributed by atoms with van der Waals surface area (Å²) < 4.78 is 1.60. The molecule has 0 nitrogen and oxygen atoms in total. The zero-order chi connectivity index (χ0) is 7.56. The van der Waals surface area contributed by atoms with Gasteiger partial charge in [-0.3, -0.25) is 0 Å². The molecule has 0 saturated carbocycles. The summed E-state index contributed by atoms with van der Waals surface area (Å²) >= 11 is 1.84. The maximum absolute atomic E-state index is 2.59. The van der Waals surface area contributed by atoms with Crippen molar-refractivity contribution in [3.8, 4) is 0 Å². The predicted molar refractivity (Wildman–Crippen MR) is 63.8 cm³/mol. The van der Waals surface area contributed by atoms with E-state index in [-0.39, 0.29) is 0 Å². The molecule has 1 aromatic rings. The topological polar surface area (TPSA) is 0 Å². The molecule has 0 heterocycles. The minimum absolute atomic E-state index is 0.755. The van der Waals surface area contributed by atoms with Crippen molar-refractivity contribution < 1.29 is 0 Å². The first-order valence-electron chi connectivity index (χ1n) is 3.04. The van der Waals surface area contributed by atoms with Gasteiger partial charge in [-0.05, 0) is 0 Å². The Labute approximate surface area is 79.0 Å². The summed E-state index contributed by atoms with van der Waals surface area (Å²) in [6, 6.07) is 8.69. The minimum atomic E-state index is -0.755. The van der Waals surface area contributed by atoms with Crippen LogP contribution in [0.5, 0.6) is 0 Å². The van der Waals surface area contributed by atoms with Crippen LogP contribution in [-0.4, -0.2) is 4.93 Å². The van der Waals surface area contributed by atoms with E-state index in [0.29, 0.717) is 0 Å². The van der Waals surface area contributed by atoms with Crippen LogP contribution < -0.4 is 0 Å². The molecule has 0 N–H and O–H groups in total. The average molecular weight is 360 g/mol. The first-order chi connectivity index (χ1) is 4.72. The van der Waals surface area contributed by atoms with Crippen molar-refractivity contribution in [3.63, 3.8) is 0 Å². The zero-order valence-corrected chi connectivity index (χ0v) is 10.4. The summed E-state index contributed by atoms with van der Waals surface area (Å²) in [5, 5.41) is 0. The molecule has 0 radical (unpaired) electrons. The first-order valence-corrected chi connectivity index (χ1v) is 12.6. The van der Waals surface area contributed by atoms with Gasteiger partial charge in [0.25, 0.3) is 0 Å². The summed E-state index contributed by atoms with van der Waals surface area (Å²) in [7, 11) is 0. The van der Waals surface area contributed by atoms with Crippen LogP contribution in [-0.2, 0) is 0 Å². The van der Waals surface area contributed by atoms with Crippen LogP contribution in [0.15, 0.2) is 24.3 Å². The third-order valence-electron chi connectivity index (χ3n) is 1.36. The number of alkyl halides is 1. The Morgan fingerprint density at radius 2 is 1.90 bits per heavy atom. The number of aryl methyl sites for hydroxylation is 1. The third kappa shape index (κ3) is 2.08. The van der Waals surface area contributed by atoms with Gasteiger partial charge >= 0.3 is 79.7 Å². The molecule has 1 aromatic carbocycles. The van der Waals surface area contributed by atoms with Gasteiger partial charge in [-0.15, -0.1) is 0 Å². The van der Waals surface area contributed by atoms with Gasteiger partial charge < -0.3 is 0 Å². The molecule has 10 heavy (non-hydrogen) atoms. The van der Waals surface area contributed by atoms with E-state index in [1.165, 1.54) is 5.56 Å². The first kappa shape index (κ1) is 8.77. The second-order valence-electron chi connectivity index (χ2n) is 2.15. The molecule has 2 heteroatoms. The van der Waals surface area contributed by atoms with Crippen LogP contribution in [0.2, 0.25) is 0 Å². The predicted octanol–water partition coefficient (Wildman–Crippen LogP) is 3.65. The van der Waals surface area contributed by atoms with Crippen LogP contribution in [0, 0.1) is 10.5 Å². The van der Waals surface area contributed by atoms with Gasteiger partial charge in [-0.2, -0.15) is 0 Å². The van der Waals surface area contributed by atoms with E-state index in [4.69, 9.17) is 0 Å². The van der Waals surface area contributed by atoms with E-state index < -0.39 is 15.8 Å². The zero-order valence-electron chi connectivity index (χ0n) is 6.07. The van der Waals surface area contributed by atoms with Crippen LogP contribution >= 0.6 is 34.5 Å². The van der Waals surface area contributed by atoms with Crippen LogP contribution in [0.3, 0.4) is 0 Å². The molecule has 0 spiro atoms. The third-order valence-corrected chi connectivity index (χ3v) is 7.12. The molecular weight excluding hydrogens is 350 g/mol. The van der Waals surface area contributed by atoms with Crippen molar-refractivity contribution in [2.75, 3.05) is 4.93 Å². The Kier molecular flexibility index (Phi) is 3.42. The van der Waals surface area contributed by atoms with Gasteiger partial charge in [0.1, 0.15) is 0 Å². The van der Waals surface area contributed by atoms with Crippen LogP contribution in [0.4, 0.5) is 0 Å². The van der Waals surface area contributed by atoms with Crippen molar-refractivity contribution in [1.29, 1.82) is 0 Å². The Morgan fingerprint density at radius 1 is 1.30 bits per heavy atom. The molecular formula is C8H10I2. The summed E-state index contributed by atoms with van der Waals surface area (Å²) in [5.74, 6) is 0. The van der Waals surface area contributed by atoms with Crippen molar-refractivity contribution in [1.82, 2.24) is 0 Å². The Morgan fingerprint density at radius 3 is 2.30 bits per heavy atom. The fourth-order valence-electron chi connectivity index (χ4n) is 0.843. The van der Waals surface area contributed by atoms with Crippen LogP contribution in [0.1, 0.15) is 5.56 Å². The van der Waals surface area contributed by atoms with Gasteiger partial charge in [0.2, 0.25) is 0 Å². The fourth-order valence-corrected chi connectivity index (χ4v) is 5.97. The molecule has 0 atom stereocenters. The van der Waals surface area contributed by atoms with Crippen molar-refractivity contribution in [3.05, 3.63) is 33.4 Å². The van der Waals surface area contributed by atoms with Gasteiger partial charge in [0.05, 0.1) is 0 Å². The van der Waals surface area contributed by atoms with E-state index in [9.17, 15) is 0 Å². The molecule has 0 amide bonds. The normalized spacial score (nSPS) is 11.3. The van der Waals surface area contributed by atoms with Crippen molar-refractivity contribution >= 4 is 34.5 Å². The molecule has 0 aromatic heterocycles. The van der Waals surface area contributed by atoms with E-state index in [1.807, 2.05) is 0 Å². The summed E-state index contributed by atoms with van der Waals surface area (Å²) in [5.41, 5.74) is 1.46. The number of hydrogen-bond acceptors (Lipinski definition) is 0. The molecule has 1 rings (SSSR count). The van der Waals surface area contributed by atoms with Gasteiger partial charge in [0.15, 0.2) is 0 Å². The van der Waals surface area contributed by atoms with E-state index in [1.54, 1.807) is 3.57 Å². The van der Waals surface area contributed by atoms with Crippen molar-refractivity contribution in [2.45, 2.75) is 6.92 Å². The van der Waals surface area contributed by atoms with Crippen LogP contribution in [0.25, 0.3) is 0 Å². The quantitative estimate of drug-likeness (QED) is 0.530. The molecule has 56 valence electrons. The Balaban J connectivity index is 3.03. The molecule has 0 aliphatic rings. The molecule has 0 aliphatic carbocycles. The Hall–Kier alpha value is 0.680. The summed E-state index contributed by atoms with van der Waals surface area (Å²) in [4.78, 5) is 2.37. The second kappa shape index (κ2) is 3.90. The van der Waals surface area contributed by atoms with Gasteiger partial charge in [-0.25, -0.2) is 0 Å². The number of halogens is 2. The van der Waals surface area contributed by atoms with E-state index >= 15 is 0 Å². The van der Waals surface area contributed by atoms with E-state index in [0.717, 1.165) is 0 Å². The number of rotatable bonds is 1. The molecule has 0 unspecified atom stereocenters. The molecule has 0 fully saturated rings. The van der Waals surface area contributed by atoms with Gasteiger partial charge in [-0.1, -0.05) is 0 Å². The second-order valence-corrected chi connectivity index (χ2v) is 13.8. The molecule has 0 aliphatic heterocycles. The summed E-state index contributed by atoms with van der Waals surface area (Å²) in [6.07, 6.45) is 0. The number of hydrogen-bond donors (Lipinski definition) is 0. The maximum atomic E-state index is 2.59. The SMILES string of the molecule is Cc1ccccc1I(C)I. The molecule has 0 bridgehead atoms. The van der Waals surface area contributed by atoms with Crippen molar-refractivity contribution in [2.24, 2.45) is 0 Å².